The Hall–Kier alpha value is 3.31. The van der Waals surface area contributed by atoms with Crippen LogP contribution in [0.1, 0.15) is 0 Å². The Kier molecular flexibility index (Phi) is 29.1. The van der Waals surface area contributed by atoms with Crippen LogP contribution in [0.4, 0.5) is 4.79 Å². The first-order chi connectivity index (χ1) is 5.44. The average molecular weight is 354 g/mol. The molecule has 16 heavy (non-hydrogen) atoms. The van der Waals surface area contributed by atoms with E-state index in [1.807, 2.05) is 0 Å². The van der Waals surface area contributed by atoms with Gasteiger partial charge in [-0.1, -0.05) is 0 Å². The molecule has 0 aromatic carbocycles. The average Bonchev–Trinajstić information content (AvgIpc) is 1.47. The zero-order valence-corrected chi connectivity index (χ0v) is 16.0. The van der Waals surface area contributed by atoms with Crippen molar-refractivity contribution in [1.29, 1.82) is 0 Å². The minimum absolute atomic E-state index is 0. The Labute approximate surface area is 179 Å². The maximum Gasteiger partial charge on any atom is 2.00 e. The molecule has 0 aromatic rings. The van der Waals surface area contributed by atoms with Gasteiger partial charge in [-0.15, -0.1) is 0 Å². The van der Waals surface area contributed by atoms with E-state index < -0.39 is 21.8 Å². The molecule has 0 bridgehead atoms. The maximum absolute atomic E-state index is 9.32. The zero-order valence-electron chi connectivity index (χ0n) is 7.60. The van der Waals surface area contributed by atoms with Gasteiger partial charge in [0, 0.05) is 0 Å². The third-order valence-electron chi connectivity index (χ3n) is 0.200. The molecule has 0 saturated heterocycles. The Morgan fingerprint density at radius 2 is 0.938 bits per heavy atom. The fraction of sp³-hybridized carbons (Fsp3) is 0. The first kappa shape index (κ1) is 31.6. The summed E-state index contributed by atoms with van der Waals surface area (Å²) < 4.78 is 21.2. The van der Waals surface area contributed by atoms with E-state index in [1.54, 1.807) is 0 Å². The molecule has 0 N–H and O–H groups in total. The Morgan fingerprint density at radius 1 is 0.812 bits per heavy atom. The monoisotopic (exact) mass is 354 g/mol. The number of carboxylic acid groups (broad SMARTS) is 2. The molecule has 0 aliphatic carbocycles. The third kappa shape index (κ3) is 53.1. The van der Waals surface area contributed by atoms with E-state index in [2.05, 4.69) is 4.31 Å². The Bertz CT molecular complexity index is 229. The molecular weight excluding hydrogens is 354 g/mol. The van der Waals surface area contributed by atoms with Crippen molar-refractivity contribution in [3.05, 3.63) is 0 Å². The molecule has 0 amide bonds. The normalized spacial score (nSPS) is 9.25. The van der Waals surface area contributed by atoms with Gasteiger partial charge in [-0.2, -0.15) is 0 Å². The number of rotatable bonds is 2. The summed E-state index contributed by atoms with van der Waals surface area (Å²) in [6.45, 7) is 0. The van der Waals surface area contributed by atoms with Crippen LogP contribution in [0.3, 0.4) is 0 Å². The molecule has 0 radical (unpaired) electrons. The van der Waals surface area contributed by atoms with Crippen LogP contribution in [0.5, 0.6) is 0 Å². The fourth-order valence-electron chi connectivity index (χ4n) is 0.122. The summed E-state index contributed by atoms with van der Waals surface area (Å²) in [5.74, 6) is 0. The molecule has 0 aliphatic heterocycles. The molecule has 0 aliphatic rings. The van der Waals surface area contributed by atoms with Crippen LogP contribution in [0.25, 0.3) is 0 Å². The van der Waals surface area contributed by atoms with Crippen molar-refractivity contribution in [3.63, 3.8) is 0 Å². The van der Waals surface area contributed by atoms with Gasteiger partial charge in [0.05, 0.1) is 15.6 Å². The predicted molar refractivity (Wildman–Crippen MR) is 39.0 cm³/mol. The predicted octanol–water partition coefficient (Wildman–Crippen LogP) is -6.93. The molecule has 0 fully saturated rings. The molecule has 0 heterocycles. The van der Waals surface area contributed by atoms with Crippen LogP contribution in [0.15, 0.2) is 0 Å². The van der Waals surface area contributed by atoms with Gasteiger partial charge in [-0.3, -0.25) is 0 Å². The number of carbonyl (C=O) groups is 1. The van der Waals surface area contributed by atoms with E-state index in [4.69, 9.17) is 15.0 Å². The third-order valence-corrected chi connectivity index (χ3v) is 1.80. The number of phosphoric acid groups is 2. The van der Waals surface area contributed by atoms with Gasteiger partial charge in [0.1, 0.15) is 0 Å². The van der Waals surface area contributed by atoms with Gasteiger partial charge in [0.2, 0.25) is 0 Å². The first-order valence-electron chi connectivity index (χ1n) is 2.07. The summed E-state index contributed by atoms with van der Waals surface area (Å²) in [6, 6.07) is 0. The van der Waals surface area contributed by atoms with E-state index >= 15 is 0 Å². The fourth-order valence-corrected chi connectivity index (χ4v) is 1.10. The van der Waals surface area contributed by atoms with Crippen molar-refractivity contribution in [2.45, 2.75) is 0 Å². The number of hydrogen-bond donors (Lipinski definition) is 0. The zero-order chi connectivity index (χ0) is 11.3. The van der Waals surface area contributed by atoms with E-state index in [9.17, 15) is 28.7 Å². The van der Waals surface area contributed by atoms with Gasteiger partial charge in [0.15, 0.2) is 0 Å². The summed E-state index contributed by atoms with van der Waals surface area (Å²) >= 11 is 0. The standard InChI is InChI=1S/CH2O3.3Ca.H4O7P2/c2-1(3)4;;;;1-8(2,3)7-9(4,5)6/h(H2,2,3,4);;;;(H2,1,2,3)(H2,4,5,6)/q;3*+2;/p-6. The Morgan fingerprint density at radius 3 is 0.938 bits per heavy atom. The summed E-state index contributed by atoms with van der Waals surface area (Å²) in [5.41, 5.74) is 0. The molecule has 0 aromatic heterocycles. The van der Waals surface area contributed by atoms with E-state index in [1.165, 1.54) is 0 Å². The van der Waals surface area contributed by atoms with Crippen LogP contribution in [0, 0.1) is 0 Å². The van der Waals surface area contributed by atoms with E-state index in [-0.39, 0.29) is 113 Å². The molecule has 0 saturated carbocycles. The topological polar surface area (TPSA) is 199 Å². The minimum atomic E-state index is -5.68. The summed E-state index contributed by atoms with van der Waals surface area (Å²) in [4.78, 5) is 45.6. The van der Waals surface area contributed by atoms with Crippen LogP contribution in [-0.4, -0.2) is 119 Å². The van der Waals surface area contributed by atoms with Crippen LogP contribution >= 0.6 is 15.6 Å². The van der Waals surface area contributed by atoms with Crippen LogP contribution in [0.2, 0.25) is 0 Å². The van der Waals surface area contributed by atoms with Crippen molar-refractivity contribution >= 4 is 135 Å². The van der Waals surface area contributed by atoms with Crippen LogP contribution < -0.4 is 29.8 Å². The number of hydrogen-bond acceptors (Lipinski definition) is 10. The van der Waals surface area contributed by atoms with Crippen molar-refractivity contribution < 1.29 is 48.0 Å². The molecule has 10 nitrogen and oxygen atoms in total. The summed E-state index contributed by atoms with van der Waals surface area (Å²) in [5, 5.41) is 16.7. The second-order valence-electron chi connectivity index (χ2n) is 1.23. The van der Waals surface area contributed by atoms with Crippen molar-refractivity contribution in [2.75, 3.05) is 0 Å². The molecule has 0 atom stereocenters. The van der Waals surface area contributed by atoms with E-state index in [0.717, 1.165) is 0 Å². The second-order valence-corrected chi connectivity index (χ2v) is 3.67. The van der Waals surface area contributed by atoms with Gasteiger partial charge in [-0.25, -0.2) is 0 Å². The SMILES string of the molecule is O=C([O-])[O-].O=P([O-])([O-])OP(=O)([O-])[O-].[Ca+2].[Ca+2].[Ca+2]. The van der Waals surface area contributed by atoms with Crippen LogP contribution in [-0.2, 0) is 13.4 Å². The largest absolute Gasteiger partial charge is 2.00 e. The minimum Gasteiger partial charge on any atom is -0.790 e. The quantitative estimate of drug-likeness (QED) is 0.339. The molecular formula is CCa3O10P2. The summed E-state index contributed by atoms with van der Waals surface area (Å²) in [7, 11) is -11.4. The van der Waals surface area contributed by atoms with Gasteiger partial charge in [-0.05, 0) is 6.16 Å². The van der Waals surface area contributed by atoms with Gasteiger partial charge < -0.3 is 48.0 Å². The van der Waals surface area contributed by atoms with Crippen molar-refractivity contribution in [1.82, 2.24) is 0 Å². The van der Waals surface area contributed by atoms with E-state index in [0.29, 0.717) is 0 Å². The second kappa shape index (κ2) is 14.7. The van der Waals surface area contributed by atoms with Crippen molar-refractivity contribution in [3.8, 4) is 0 Å². The Balaban J connectivity index is -0.0000000511. The molecule has 15 heteroatoms. The van der Waals surface area contributed by atoms with Crippen molar-refractivity contribution in [2.24, 2.45) is 0 Å². The van der Waals surface area contributed by atoms with Gasteiger partial charge >= 0.3 is 113 Å². The summed E-state index contributed by atoms with van der Waals surface area (Å²) in [6.07, 6.45) is -2.33. The molecule has 80 valence electrons. The molecule has 0 unspecified atom stereocenters. The first-order valence-corrected chi connectivity index (χ1v) is 4.99. The number of carbonyl (C=O) groups excluding carboxylic acids is 1. The smallest absolute Gasteiger partial charge is 0.790 e. The molecule has 0 spiro atoms. The maximum atomic E-state index is 9.32. The van der Waals surface area contributed by atoms with Gasteiger partial charge in [0.25, 0.3) is 0 Å². The molecule has 0 rings (SSSR count).